The Morgan fingerprint density at radius 1 is 1.25 bits per heavy atom. The molecule has 2 heterocycles. The van der Waals surface area contributed by atoms with Crippen LogP contribution in [0.2, 0.25) is 0 Å². The van der Waals surface area contributed by atoms with E-state index < -0.39 is 0 Å². The molecule has 1 amide bonds. The topological polar surface area (TPSA) is 67.3 Å². The van der Waals surface area contributed by atoms with E-state index in [4.69, 9.17) is 4.74 Å². The summed E-state index contributed by atoms with van der Waals surface area (Å²) in [5.41, 5.74) is 1.61. The second kappa shape index (κ2) is 7.88. The first kappa shape index (κ1) is 16.4. The highest BCUT2D eigenvalue weighted by molar-refractivity contribution is 5.92. The van der Waals surface area contributed by atoms with Crippen molar-refractivity contribution in [1.29, 1.82) is 0 Å². The number of carbonyl (C=O) groups is 1. The quantitative estimate of drug-likeness (QED) is 0.878. The van der Waals surface area contributed by atoms with Crippen molar-refractivity contribution < 1.29 is 9.53 Å². The van der Waals surface area contributed by atoms with Crippen LogP contribution < -0.4 is 10.1 Å². The third kappa shape index (κ3) is 4.08. The molecule has 0 spiro atoms. The molecule has 6 heteroatoms. The van der Waals surface area contributed by atoms with E-state index in [-0.39, 0.29) is 5.91 Å². The van der Waals surface area contributed by atoms with Crippen molar-refractivity contribution in [3.63, 3.8) is 0 Å². The van der Waals surface area contributed by atoms with Gasteiger partial charge in [-0.15, -0.1) is 10.2 Å². The number of hydrogen-bond acceptors (Lipinski definition) is 5. The van der Waals surface area contributed by atoms with Gasteiger partial charge in [-0.05, 0) is 31.0 Å². The van der Waals surface area contributed by atoms with Gasteiger partial charge in [-0.3, -0.25) is 9.69 Å². The molecular formula is C18H22N4O2. The fourth-order valence-corrected chi connectivity index (χ4v) is 3.00. The Kier molecular flexibility index (Phi) is 5.38. The number of methoxy groups -OCH3 is 1. The molecule has 3 rings (SSSR count). The first-order valence-corrected chi connectivity index (χ1v) is 8.20. The van der Waals surface area contributed by atoms with Crippen molar-refractivity contribution in [2.75, 3.05) is 20.2 Å². The number of amides is 1. The SMILES string of the molecule is COc1ccc(C(=O)NC[C@H]2CCCN2Cc2ccccc2)nn1. The summed E-state index contributed by atoms with van der Waals surface area (Å²) in [6.45, 7) is 2.61. The number of rotatable bonds is 6. The first-order valence-electron chi connectivity index (χ1n) is 8.20. The van der Waals surface area contributed by atoms with Crippen LogP contribution in [-0.2, 0) is 6.54 Å². The number of hydrogen-bond donors (Lipinski definition) is 1. The van der Waals surface area contributed by atoms with Gasteiger partial charge in [0.15, 0.2) is 5.69 Å². The van der Waals surface area contributed by atoms with Crippen molar-refractivity contribution in [2.45, 2.75) is 25.4 Å². The van der Waals surface area contributed by atoms with Gasteiger partial charge in [-0.2, -0.15) is 0 Å². The van der Waals surface area contributed by atoms with E-state index in [2.05, 4.69) is 44.7 Å². The maximum Gasteiger partial charge on any atom is 0.271 e. The van der Waals surface area contributed by atoms with Crippen molar-refractivity contribution in [3.05, 3.63) is 53.7 Å². The smallest absolute Gasteiger partial charge is 0.271 e. The van der Waals surface area contributed by atoms with Gasteiger partial charge in [0.25, 0.3) is 5.91 Å². The van der Waals surface area contributed by atoms with Gasteiger partial charge in [0.2, 0.25) is 5.88 Å². The number of ether oxygens (including phenoxy) is 1. The van der Waals surface area contributed by atoms with Crippen LogP contribution in [0.15, 0.2) is 42.5 Å². The lowest BCUT2D eigenvalue weighted by atomic mass is 10.2. The molecule has 1 aliphatic rings. The summed E-state index contributed by atoms with van der Waals surface area (Å²) in [4.78, 5) is 14.6. The predicted octanol–water partition coefficient (Wildman–Crippen LogP) is 1.88. The zero-order valence-electron chi connectivity index (χ0n) is 13.8. The van der Waals surface area contributed by atoms with Crippen LogP contribution in [0.3, 0.4) is 0 Å². The van der Waals surface area contributed by atoms with Gasteiger partial charge >= 0.3 is 0 Å². The zero-order valence-corrected chi connectivity index (χ0v) is 13.8. The minimum Gasteiger partial charge on any atom is -0.480 e. The van der Waals surface area contributed by atoms with E-state index in [0.717, 1.165) is 25.9 Å². The Labute approximate surface area is 141 Å². The highest BCUT2D eigenvalue weighted by Gasteiger charge is 2.25. The zero-order chi connectivity index (χ0) is 16.8. The van der Waals surface area contributed by atoms with Gasteiger partial charge in [0, 0.05) is 25.2 Å². The highest BCUT2D eigenvalue weighted by Crippen LogP contribution is 2.19. The molecule has 24 heavy (non-hydrogen) atoms. The van der Waals surface area contributed by atoms with Crippen LogP contribution in [-0.4, -0.2) is 47.2 Å². The Bertz CT molecular complexity index is 660. The maximum atomic E-state index is 12.2. The van der Waals surface area contributed by atoms with E-state index in [0.29, 0.717) is 24.2 Å². The predicted molar refractivity (Wildman–Crippen MR) is 90.8 cm³/mol. The maximum absolute atomic E-state index is 12.2. The van der Waals surface area contributed by atoms with Gasteiger partial charge in [0.05, 0.1) is 7.11 Å². The largest absolute Gasteiger partial charge is 0.480 e. The lowest BCUT2D eigenvalue weighted by Gasteiger charge is -2.24. The van der Waals surface area contributed by atoms with Crippen LogP contribution in [0.4, 0.5) is 0 Å². The van der Waals surface area contributed by atoms with Crippen LogP contribution >= 0.6 is 0 Å². The number of nitrogens with zero attached hydrogens (tertiary/aromatic N) is 3. The third-order valence-corrected chi connectivity index (χ3v) is 4.31. The molecule has 1 N–H and O–H groups in total. The average molecular weight is 326 g/mol. The number of nitrogens with one attached hydrogen (secondary N) is 1. The number of likely N-dealkylation sites (tertiary alicyclic amines) is 1. The molecule has 0 aliphatic carbocycles. The molecular weight excluding hydrogens is 304 g/mol. The van der Waals surface area contributed by atoms with Gasteiger partial charge in [0.1, 0.15) is 0 Å². The van der Waals surface area contributed by atoms with E-state index in [1.54, 1.807) is 12.1 Å². The molecule has 1 saturated heterocycles. The fraction of sp³-hybridized carbons (Fsp3) is 0.389. The Morgan fingerprint density at radius 3 is 2.79 bits per heavy atom. The molecule has 0 saturated carbocycles. The second-order valence-electron chi connectivity index (χ2n) is 5.92. The normalized spacial score (nSPS) is 17.6. The van der Waals surface area contributed by atoms with Crippen LogP contribution in [0, 0.1) is 0 Å². The number of carbonyl (C=O) groups excluding carboxylic acids is 1. The minimum absolute atomic E-state index is 0.197. The Morgan fingerprint density at radius 2 is 2.08 bits per heavy atom. The second-order valence-corrected chi connectivity index (χ2v) is 5.92. The minimum atomic E-state index is -0.197. The molecule has 2 aromatic rings. The van der Waals surface area contributed by atoms with Crippen LogP contribution in [0.1, 0.15) is 28.9 Å². The van der Waals surface area contributed by atoms with Crippen molar-refractivity contribution in [3.8, 4) is 5.88 Å². The van der Waals surface area contributed by atoms with E-state index in [9.17, 15) is 4.79 Å². The van der Waals surface area contributed by atoms with E-state index in [1.807, 2.05) is 6.07 Å². The lowest BCUT2D eigenvalue weighted by molar-refractivity contribution is 0.0933. The molecule has 1 aliphatic heterocycles. The van der Waals surface area contributed by atoms with Crippen LogP contribution in [0.5, 0.6) is 5.88 Å². The van der Waals surface area contributed by atoms with Crippen LogP contribution in [0.25, 0.3) is 0 Å². The molecule has 0 radical (unpaired) electrons. The standard InChI is InChI=1S/C18H22N4O2/c1-24-17-10-9-16(20-21-17)18(23)19-12-15-8-5-11-22(15)13-14-6-3-2-4-7-14/h2-4,6-7,9-10,15H,5,8,11-13H2,1H3,(H,19,23)/t15-/m1/s1. The lowest BCUT2D eigenvalue weighted by Crippen LogP contribution is -2.40. The summed E-state index contributed by atoms with van der Waals surface area (Å²) in [5, 5.41) is 10.7. The summed E-state index contributed by atoms with van der Waals surface area (Å²) in [6.07, 6.45) is 2.26. The molecule has 1 aromatic heterocycles. The molecule has 1 atom stereocenters. The summed E-state index contributed by atoms with van der Waals surface area (Å²) in [5.74, 6) is 0.202. The van der Waals surface area contributed by atoms with Crippen molar-refractivity contribution in [2.24, 2.45) is 0 Å². The first-order chi connectivity index (χ1) is 11.8. The highest BCUT2D eigenvalue weighted by atomic mass is 16.5. The molecule has 1 fully saturated rings. The monoisotopic (exact) mass is 326 g/mol. The Hall–Kier alpha value is -2.47. The summed E-state index contributed by atoms with van der Waals surface area (Å²) >= 11 is 0. The average Bonchev–Trinajstić information content (AvgIpc) is 3.07. The summed E-state index contributed by atoms with van der Waals surface area (Å²) in [6, 6.07) is 14.1. The van der Waals surface area contributed by atoms with Crippen molar-refractivity contribution in [1.82, 2.24) is 20.4 Å². The van der Waals surface area contributed by atoms with Crippen molar-refractivity contribution >= 4 is 5.91 Å². The third-order valence-electron chi connectivity index (χ3n) is 4.31. The van der Waals surface area contributed by atoms with E-state index >= 15 is 0 Å². The Balaban J connectivity index is 1.53. The molecule has 0 unspecified atom stereocenters. The van der Waals surface area contributed by atoms with E-state index in [1.165, 1.54) is 12.7 Å². The molecule has 1 aromatic carbocycles. The number of aromatic nitrogens is 2. The van der Waals surface area contributed by atoms with Gasteiger partial charge in [-0.1, -0.05) is 30.3 Å². The fourth-order valence-electron chi connectivity index (χ4n) is 3.00. The van der Waals surface area contributed by atoms with Gasteiger partial charge < -0.3 is 10.1 Å². The van der Waals surface area contributed by atoms with Gasteiger partial charge in [-0.25, -0.2) is 0 Å². The summed E-state index contributed by atoms with van der Waals surface area (Å²) in [7, 11) is 1.52. The molecule has 6 nitrogen and oxygen atoms in total. The molecule has 0 bridgehead atoms. The number of benzene rings is 1. The summed E-state index contributed by atoms with van der Waals surface area (Å²) < 4.78 is 4.95. The molecule has 126 valence electrons.